The smallest absolute Gasteiger partial charge is 0.0557 e. The third-order valence-electron chi connectivity index (χ3n) is 4.35. The first-order chi connectivity index (χ1) is 8.66. The van der Waals surface area contributed by atoms with Gasteiger partial charge < -0.3 is 5.32 Å². The molecule has 2 heteroatoms. The van der Waals surface area contributed by atoms with Crippen molar-refractivity contribution in [2.75, 3.05) is 26.2 Å². The standard InChI is InChI=1S/C16H26N2/c1-4-14(2)12-18-11-10-17-13-16(18,3)15-8-6-5-7-9-15/h5-9,14,17H,4,10-13H2,1-3H3. The largest absolute Gasteiger partial charge is 0.313 e. The molecule has 2 atom stereocenters. The average Bonchev–Trinajstić information content (AvgIpc) is 2.42. The molecule has 1 N–H and O–H groups in total. The molecule has 0 saturated carbocycles. The summed E-state index contributed by atoms with van der Waals surface area (Å²) in [7, 11) is 0. The summed E-state index contributed by atoms with van der Waals surface area (Å²) in [5, 5.41) is 3.55. The number of nitrogens with zero attached hydrogens (tertiary/aromatic N) is 1. The van der Waals surface area contributed by atoms with Crippen LogP contribution in [-0.2, 0) is 5.54 Å². The predicted octanol–water partition coefficient (Wildman–Crippen LogP) is 2.85. The number of rotatable bonds is 4. The maximum atomic E-state index is 3.55. The quantitative estimate of drug-likeness (QED) is 0.879. The summed E-state index contributed by atoms with van der Waals surface area (Å²) in [4.78, 5) is 2.66. The minimum Gasteiger partial charge on any atom is -0.313 e. The Kier molecular flexibility index (Phi) is 4.41. The molecular formula is C16H26N2. The topological polar surface area (TPSA) is 15.3 Å². The molecule has 2 rings (SSSR count). The van der Waals surface area contributed by atoms with Gasteiger partial charge in [0.05, 0.1) is 5.54 Å². The number of hydrogen-bond donors (Lipinski definition) is 1. The zero-order valence-corrected chi connectivity index (χ0v) is 11.9. The van der Waals surface area contributed by atoms with Crippen molar-refractivity contribution in [1.29, 1.82) is 0 Å². The minimum absolute atomic E-state index is 0.142. The van der Waals surface area contributed by atoms with Crippen LogP contribution in [0.15, 0.2) is 30.3 Å². The number of hydrogen-bond acceptors (Lipinski definition) is 2. The molecule has 1 saturated heterocycles. The van der Waals surface area contributed by atoms with Crippen molar-refractivity contribution in [2.24, 2.45) is 5.92 Å². The van der Waals surface area contributed by atoms with Gasteiger partial charge in [0.2, 0.25) is 0 Å². The highest BCUT2D eigenvalue weighted by Crippen LogP contribution is 2.30. The van der Waals surface area contributed by atoms with E-state index in [1.54, 1.807) is 0 Å². The van der Waals surface area contributed by atoms with Crippen molar-refractivity contribution in [3.8, 4) is 0 Å². The van der Waals surface area contributed by atoms with E-state index in [-0.39, 0.29) is 5.54 Å². The molecule has 1 aromatic rings. The second-order valence-corrected chi connectivity index (χ2v) is 5.78. The molecule has 2 unspecified atom stereocenters. The molecule has 100 valence electrons. The van der Waals surface area contributed by atoms with Gasteiger partial charge in [0.1, 0.15) is 0 Å². The molecule has 0 aliphatic carbocycles. The molecule has 0 spiro atoms. The normalized spacial score (nSPS) is 27.1. The Bertz CT molecular complexity index is 363. The summed E-state index contributed by atoms with van der Waals surface area (Å²) in [6.45, 7) is 11.5. The van der Waals surface area contributed by atoms with E-state index >= 15 is 0 Å². The Morgan fingerprint density at radius 1 is 1.33 bits per heavy atom. The van der Waals surface area contributed by atoms with Gasteiger partial charge in [-0.3, -0.25) is 4.90 Å². The highest BCUT2D eigenvalue weighted by molar-refractivity contribution is 5.25. The highest BCUT2D eigenvalue weighted by atomic mass is 15.3. The first kappa shape index (κ1) is 13.6. The minimum atomic E-state index is 0.142. The molecule has 18 heavy (non-hydrogen) atoms. The molecule has 2 nitrogen and oxygen atoms in total. The number of benzene rings is 1. The lowest BCUT2D eigenvalue weighted by Gasteiger charge is -2.46. The zero-order chi connectivity index (χ0) is 13.0. The van der Waals surface area contributed by atoms with Gasteiger partial charge in [-0.05, 0) is 18.4 Å². The van der Waals surface area contributed by atoms with Crippen molar-refractivity contribution in [1.82, 2.24) is 10.2 Å². The average molecular weight is 246 g/mol. The van der Waals surface area contributed by atoms with Crippen LogP contribution in [0.3, 0.4) is 0 Å². The van der Waals surface area contributed by atoms with Gasteiger partial charge in [-0.1, -0.05) is 50.6 Å². The molecular weight excluding hydrogens is 220 g/mol. The lowest BCUT2D eigenvalue weighted by Crippen LogP contribution is -2.58. The second-order valence-electron chi connectivity index (χ2n) is 5.78. The molecule has 1 aromatic carbocycles. The summed E-state index contributed by atoms with van der Waals surface area (Å²) in [6, 6.07) is 10.9. The third-order valence-corrected chi connectivity index (χ3v) is 4.35. The lowest BCUT2D eigenvalue weighted by atomic mass is 9.87. The molecule has 0 aromatic heterocycles. The Morgan fingerprint density at radius 2 is 2.06 bits per heavy atom. The molecule has 1 aliphatic heterocycles. The Balaban J connectivity index is 2.21. The van der Waals surface area contributed by atoms with Gasteiger partial charge >= 0.3 is 0 Å². The van der Waals surface area contributed by atoms with Crippen LogP contribution in [0.4, 0.5) is 0 Å². The number of nitrogens with one attached hydrogen (secondary N) is 1. The van der Waals surface area contributed by atoms with Crippen LogP contribution in [0.1, 0.15) is 32.8 Å². The van der Waals surface area contributed by atoms with Crippen LogP contribution in [0, 0.1) is 5.92 Å². The number of piperazine rings is 1. The van der Waals surface area contributed by atoms with Crippen LogP contribution in [0.2, 0.25) is 0 Å². The van der Waals surface area contributed by atoms with Gasteiger partial charge in [-0.15, -0.1) is 0 Å². The van der Waals surface area contributed by atoms with E-state index in [0.717, 1.165) is 25.6 Å². The summed E-state index contributed by atoms with van der Waals surface area (Å²) in [5.41, 5.74) is 1.57. The highest BCUT2D eigenvalue weighted by Gasteiger charge is 2.36. The maximum Gasteiger partial charge on any atom is 0.0557 e. The monoisotopic (exact) mass is 246 g/mol. The van der Waals surface area contributed by atoms with Crippen molar-refractivity contribution < 1.29 is 0 Å². The Morgan fingerprint density at radius 3 is 2.72 bits per heavy atom. The first-order valence-corrected chi connectivity index (χ1v) is 7.18. The van der Waals surface area contributed by atoms with Gasteiger partial charge in [-0.25, -0.2) is 0 Å². The molecule has 0 radical (unpaired) electrons. The first-order valence-electron chi connectivity index (χ1n) is 7.18. The van der Waals surface area contributed by atoms with Crippen LogP contribution < -0.4 is 5.32 Å². The van der Waals surface area contributed by atoms with Crippen LogP contribution in [0.25, 0.3) is 0 Å². The summed E-state index contributed by atoms with van der Waals surface area (Å²) >= 11 is 0. The lowest BCUT2D eigenvalue weighted by molar-refractivity contribution is 0.0580. The summed E-state index contributed by atoms with van der Waals surface area (Å²) < 4.78 is 0. The Labute approximate surface area is 111 Å². The van der Waals surface area contributed by atoms with E-state index in [2.05, 4.69) is 61.3 Å². The predicted molar refractivity (Wildman–Crippen MR) is 77.7 cm³/mol. The van der Waals surface area contributed by atoms with Crippen LogP contribution in [-0.4, -0.2) is 31.1 Å². The molecule has 1 fully saturated rings. The van der Waals surface area contributed by atoms with Gasteiger partial charge in [0.25, 0.3) is 0 Å². The SMILES string of the molecule is CCC(C)CN1CCNCC1(C)c1ccccc1. The zero-order valence-electron chi connectivity index (χ0n) is 11.9. The molecule has 1 heterocycles. The van der Waals surface area contributed by atoms with E-state index in [1.165, 1.54) is 18.5 Å². The fourth-order valence-electron chi connectivity index (χ4n) is 2.78. The Hall–Kier alpha value is -0.860. The summed E-state index contributed by atoms with van der Waals surface area (Å²) in [5.74, 6) is 0.770. The van der Waals surface area contributed by atoms with Gasteiger partial charge in [0, 0.05) is 26.2 Å². The van der Waals surface area contributed by atoms with E-state index in [9.17, 15) is 0 Å². The van der Waals surface area contributed by atoms with Crippen molar-refractivity contribution in [3.05, 3.63) is 35.9 Å². The van der Waals surface area contributed by atoms with Crippen LogP contribution in [0.5, 0.6) is 0 Å². The molecule has 0 bridgehead atoms. The molecule has 0 amide bonds. The van der Waals surface area contributed by atoms with E-state index in [1.807, 2.05) is 0 Å². The summed E-state index contributed by atoms with van der Waals surface area (Å²) in [6.07, 6.45) is 1.26. The van der Waals surface area contributed by atoms with Crippen molar-refractivity contribution >= 4 is 0 Å². The molecule has 1 aliphatic rings. The fraction of sp³-hybridized carbons (Fsp3) is 0.625. The van der Waals surface area contributed by atoms with E-state index in [0.29, 0.717) is 0 Å². The third kappa shape index (κ3) is 2.76. The second kappa shape index (κ2) is 5.85. The fourth-order valence-corrected chi connectivity index (χ4v) is 2.78. The maximum absolute atomic E-state index is 3.55. The van der Waals surface area contributed by atoms with E-state index in [4.69, 9.17) is 0 Å². The van der Waals surface area contributed by atoms with Crippen molar-refractivity contribution in [3.63, 3.8) is 0 Å². The van der Waals surface area contributed by atoms with Crippen molar-refractivity contribution in [2.45, 2.75) is 32.7 Å². The van der Waals surface area contributed by atoms with Gasteiger partial charge in [0.15, 0.2) is 0 Å². The van der Waals surface area contributed by atoms with E-state index < -0.39 is 0 Å². The van der Waals surface area contributed by atoms with Crippen LogP contribution >= 0.6 is 0 Å². The van der Waals surface area contributed by atoms with Gasteiger partial charge in [-0.2, -0.15) is 0 Å².